The van der Waals surface area contributed by atoms with Crippen molar-refractivity contribution in [1.82, 2.24) is 9.88 Å². The minimum atomic E-state index is -4.51. The minimum Gasteiger partial charge on any atom is -0.322 e. The fraction of sp³-hybridized carbons (Fsp3) is 0.226. The fourth-order valence-corrected chi connectivity index (χ4v) is 4.69. The number of aryl methyl sites for hydroxylation is 1. The number of nitrogens with zero attached hydrogens (tertiary/aromatic N) is 2. The van der Waals surface area contributed by atoms with Crippen LogP contribution < -0.4 is 5.32 Å². The number of carbonyl (C=O) groups excluding carboxylic acids is 1. The molecule has 4 nitrogen and oxygen atoms in total. The molecule has 5 rings (SSSR count). The van der Waals surface area contributed by atoms with Gasteiger partial charge in [-0.15, -0.1) is 0 Å². The van der Waals surface area contributed by atoms with Crippen LogP contribution in [0.5, 0.6) is 0 Å². The van der Waals surface area contributed by atoms with Crippen LogP contribution in [-0.4, -0.2) is 28.9 Å². The first-order chi connectivity index (χ1) is 18.3. The van der Waals surface area contributed by atoms with Gasteiger partial charge in [-0.05, 0) is 68.2 Å². The number of pyridine rings is 1. The predicted molar refractivity (Wildman–Crippen MR) is 143 cm³/mol. The van der Waals surface area contributed by atoms with Crippen molar-refractivity contribution in [2.75, 3.05) is 18.4 Å². The van der Waals surface area contributed by atoms with Crippen LogP contribution in [0.25, 0.3) is 10.8 Å². The van der Waals surface area contributed by atoms with Gasteiger partial charge in [-0.3, -0.25) is 14.7 Å². The molecule has 0 aliphatic carbocycles. The molecule has 1 aromatic heterocycles. The zero-order chi connectivity index (χ0) is 26.7. The molecular formula is C31H26F3N3O. The summed E-state index contributed by atoms with van der Waals surface area (Å²) in [4.78, 5) is 19.3. The Hall–Kier alpha value is -4.15. The Morgan fingerprint density at radius 3 is 2.53 bits per heavy atom. The van der Waals surface area contributed by atoms with Crippen LogP contribution in [0.3, 0.4) is 0 Å². The fourth-order valence-electron chi connectivity index (χ4n) is 4.69. The van der Waals surface area contributed by atoms with E-state index in [1.165, 1.54) is 12.1 Å². The van der Waals surface area contributed by atoms with E-state index in [9.17, 15) is 18.0 Å². The molecule has 3 aromatic carbocycles. The highest BCUT2D eigenvalue weighted by molar-refractivity contribution is 6.04. The Labute approximate surface area is 219 Å². The SMILES string of the molecule is Cc1ccc(C(=O)Nc2ccc(CN3CCCC3)c(C(F)(F)F)c2)cc1C#Cc1cncc2ccccc12. The van der Waals surface area contributed by atoms with E-state index in [2.05, 4.69) is 22.1 Å². The third-order valence-corrected chi connectivity index (χ3v) is 6.77. The van der Waals surface area contributed by atoms with Gasteiger partial charge in [0.15, 0.2) is 0 Å². The molecule has 0 atom stereocenters. The van der Waals surface area contributed by atoms with Crippen LogP contribution in [0.4, 0.5) is 18.9 Å². The normalized spacial score (nSPS) is 13.8. The van der Waals surface area contributed by atoms with E-state index in [0.29, 0.717) is 11.1 Å². The number of rotatable bonds is 4. The smallest absolute Gasteiger partial charge is 0.322 e. The lowest BCUT2D eigenvalue weighted by atomic mass is 10.0. The molecule has 38 heavy (non-hydrogen) atoms. The number of halogens is 3. The lowest BCUT2D eigenvalue weighted by Crippen LogP contribution is -2.21. The highest BCUT2D eigenvalue weighted by Crippen LogP contribution is 2.35. The van der Waals surface area contributed by atoms with Crippen LogP contribution in [-0.2, 0) is 12.7 Å². The van der Waals surface area contributed by atoms with Gasteiger partial charge in [-0.1, -0.05) is 48.2 Å². The predicted octanol–water partition coefficient (Wildman–Crippen LogP) is 6.81. The van der Waals surface area contributed by atoms with E-state index >= 15 is 0 Å². The van der Waals surface area contributed by atoms with E-state index in [1.54, 1.807) is 30.6 Å². The molecule has 0 unspecified atom stereocenters. The average Bonchev–Trinajstić information content (AvgIpc) is 3.41. The van der Waals surface area contributed by atoms with Crippen molar-refractivity contribution in [3.63, 3.8) is 0 Å². The first-order valence-electron chi connectivity index (χ1n) is 12.5. The van der Waals surface area contributed by atoms with Gasteiger partial charge >= 0.3 is 6.18 Å². The second-order valence-electron chi connectivity index (χ2n) is 9.49. The first-order valence-corrected chi connectivity index (χ1v) is 12.5. The summed E-state index contributed by atoms with van der Waals surface area (Å²) >= 11 is 0. The number of nitrogens with one attached hydrogen (secondary N) is 1. The highest BCUT2D eigenvalue weighted by Gasteiger charge is 2.34. The Kier molecular flexibility index (Phi) is 7.17. The highest BCUT2D eigenvalue weighted by atomic mass is 19.4. The summed E-state index contributed by atoms with van der Waals surface area (Å²) in [7, 11) is 0. The van der Waals surface area contributed by atoms with Crippen LogP contribution in [0.2, 0.25) is 0 Å². The molecular weight excluding hydrogens is 487 g/mol. The standard InChI is InChI=1S/C31H26F3N3O/c1-21-8-9-23(16-22(21)10-11-25-19-35-18-24-6-2-3-7-28(24)25)30(38)36-27-13-12-26(20-37-14-4-5-15-37)29(17-27)31(32,33)34/h2-3,6-9,12-13,16-19H,4-5,14-15,20H2,1H3,(H,36,38). The number of hydrogen-bond donors (Lipinski definition) is 1. The van der Waals surface area contributed by atoms with Crippen LogP contribution in [0.15, 0.2) is 73.1 Å². The third-order valence-electron chi connectivity index (χ3n) is 6.77. The van der Waals surface area contributed by atoms with Crippen molar-refractivity contribution in [1.29, 1.82) is 0 Å². The molecule has 192 valence electrons. The van der Waals surface area contributed by atoms with Gasteiger partial charge in [-0.2, -0.15) is 13.2 Å². The number of likely N-dealkylation sites (tertiary alicyclic amines) is 1. The summed E-state index contributed by atoms with van der Waals surface area (Å²) in [5, 5.41) is 4.59. The second kappa shape index (κ2) is 10.7. The maximum atomic E-state index is 13.8. The van der Waals surface area contributed by atoms with E-state index in [-0.39, 0.29) is 17.8 Å². The largest absolute Gasteiger partial charge is 0.416 e. The van der Waals surface area contributed by atoms with Gasteiger partial charge in [0.05, 0.1) is 11.1 Å². The molecule has 1 saturated heterocycles. The number of carbonyl (C=O) groups is 1. The molecule has 0 radical (unpaired) electrons. The molecule has 2 heterocycles. The lowest BCUT2D eigenvalue weighted by molar-refractivity contribution is -0.138. The second-order valence-corrected chi connectivity index (χ2v) is 9.49. The topological polar surface area (TPSA) is 45.2 Å². The van der Waals surface area contributed by atoms with Crippen molar-refractivity contribution < 1.29 is 18.0 Å². The summed E-state index contributed by atoms with van der Waals surface area (Å²) < 4.78 is 41.5. The van der Waals surface area contributed by atoms with Gasteiger partial charge in [0, 0.05) is 46.5 Å². The van der Waals surface area contributed by atoms with E-state index in [0.717, 1.165) is 53.9 Å². The van der Waals surface area contributed by atoms with Crippen molar-refractivity contribution >= 4 is 22.4 Å². The number of benzene rings is 3. The van der Waals surface area contributed by atoms with Gasteiger partial charge < -0.3 is 5.32 Å². The molecule has 1 fully saturated rings. The molecule has 4 aromatic rings. The number of amides is 1. The van der Waals surface area contributed by atoms with E-state index in [4.69, 9.17) is 0 Å². The molecule has 1 N–H and O–H groups in total. The Morgan fingerprint density at radius 1 is 0.974 bits per heavy atom. The van der Waals surface area contributed by atoms with E-state index in [1.807, 2.05) is 36.1 Å². The molecule has 7 heteroatoms. The quantitative estimate of drug-likeness (QED) is 0.305. The maximum absolute atomic E-state index is 13.8. The number of alkyl halides is 3. The summed E-state index contributed by atoms with van der Waals surface area (Å²) in [6, 6.07) is 16.9. The molecule has 0 bridgehead atoms. The summed E-state index contributed by atoms with van der Waals surface area (Å²) in [6.07, 6.45) is 0.958. The average molecular weight is 514 g/mol. The minimum absolute atomic E-state index is 0.0996. The zero-order valence-electron chi connectivity index (χ0n) is 20.9. The molecule has 0 saturated carbocycles. The summed E-state index contributed by atoms with van der Waals surface area (Å²) in [5.41, 5.74) is 2.21. The molecule has 1 amide bonds. The third kappa shape index (κ3) is 5.71. The lowest BCUT2D eigenvalue weighted by Gasteiger charge is -2.20. The van der Waals surface area contributed by atoms with Crippen molar-refractivity contribution in [3.8, 4) is 11.8 Å². The van der Waals surface area contributed by atoms with Gasteiger partial charge in [-0.25, -0.2) is 0 Å². The van der Waals surface area contributed by atoms with Crippen LogP contribution in [0, 0.1) is 18.8 Å². The Bertz CT molecular complexity index is 1560. The van der Waals surface area contributed by atoms with Gasteiger partial charge in [0.2, 0.25) is 0 Å². The number of fused-ring (bicyclic) bond motifs is 1. The number of anilines is 1. The zero-order valence-corrected chi connectivity index (χ0v) is 20.9. The first kappa shape index (κ1) is 25.5. The maximum Gasteiger partial charge on any atom is 0.416 e. The Balaban J connectivity index is 1.38. The van der Waals surface area contributed by atoms with Gasteiger partial charge in [0.1, 0.15) is 0 Å². The Morgan fingerprint density at radius 2 is 1.74 bits per heavy atom. The van der Waals surface area contributed by atoms with Crippen LogP contribution in [0.1, 0.15) is 51.0 Å². The van der Waals surface area contributed by atoms with Crippen molar-refractivity contribution in [2.24, 2.45) is 0 Å². The van der Waals surface area contributed by atoms with Gasteiger partial charge in [0.25, 0.3) is 5.91 Å². The molecule has 0 spiro atoms. The van der Waals surface area contributed by atoms with E-state index < -0.39 is 17.6 Å². The van der Waals surface area contributed by atoms with Crippen LogP contribution >= 0.6 is 0 Å². The molecule has 1 aliphatic heterocycles. The molecule has 1 aliphatic rings. The van der Waals surface area contributed by atoms with Crippen molar-refractivity contribution in [2.45, 2.75) is 32.5 Å². The number of aromatic nitrogens is 1. The summed E-state index contributed by atoms with van der Waals surface area (Å²) in [6.45, 7) is 3.73. The van der Waals surface area contributed by atoms with Crippen molar-refractivity contribution in [3.05, 3.63) is 106 Å². The monoisotopic (exact) mass is 513 g/mol. The summed E-state index contributed by atoms with van der Waals surface area (Å²) in [5.74, 6) is 5.78. The number of hydrogen-bond acceptors (Lipinski definition) is 3.